The molecule has 1 heterocycles. The van der Waals surface area contributed by atoms with Crippen LogP contribution in [0.25, 0.3) is 0 Å². The molecule has 0 aliphatic heterocycles. The van der Waals surface area contributed by atoms with Crippen LogP contribution in [0.4, 0.5) is 0 Å². The Morgan fingerprint density at radius 1 is 1.36 bits per heavy atom. The molecule has 0 aromatic carbocycles. The van der Waals surface area contributed by atoms with Crippen LogP contribution in [0.1, 0.15) is 26.3 Å². The van der Waals surface area contributed by atoms with Crippen molar-refractivity contribution < 1.29 is 0 Å². The van der Waals surface area contributed by atoms with Crippen molar-refractivity contribution in [1.82, 2.24) is 4.57 Å². The molecule has 1 aromatic heterocycles. The van der Waals surface area contributed by atoms with E-state index in [1.54, 1.807) is 0 Å². The van der Waals surface area contributed by atoms with E-state index in [4.69, 9.17) is 0 Å². The molecule has 11 heavy (non-hydrogen) atoms. The fourth-order valence-corrected chi connectivity index (χ4v) is 2.56. The summed E-state index contributed by atoms with van der Waals surface area (Å²) in [6.07, 6.45) is 0.818. The second-order valence-corrected chi connectivity index (χ2v) is 4.36. The smallest absolute Gasteiger partial charge is 0.256 e. The largest absolute Gasteiger partial charge is 0.320 e. The summed E-state index contributed by atoms with van der Waals surface area (Å²) in [7, 11) is 2.02. The molecule has 0 saturated carbocycles. The Morgan fingerprint density at radius 2 is 1.82 bits per heavy atom. The molecule has 1 rings (SSSR count). The number of aromatic nitrogens is 1. The summed E-state index contributed by atoms with van der Waals surface area (Å²) < 4.78 is 1.31. The normalized spacial score (nSPS) is 13.3. The zero-order valence-corrected chi connectivity index (χ0v) is 8.00. The van der Waals surface area contributed by atoms with Crippen molar-refractivity contribution in [3.63, 3.8) is 0 Å². The molecule has 5 heteroatoms. The van der Waals surface area contributed by atoms with Crippen LogP contribution in [-0.4, -0.2) is 4.57 Å². The lowest BCUT2D eigenvalue weighted by molar-refractivity contribution is 0.514. The molecule has 1 atom stereocenters. The van der Waals surface area contributed by atoms with Crippen molar-refractivity contribution >= 4 is 20.7 Å². The van der Waals surface area contributed by atoms with Crippen LogP contribution >= 0.6 is 20.7 Å². The highest BCUT2D eigenvalue weighted by Gasteiger charge is 2.09. The molecular weight excluding hydrogens is 182 g/mol. The average molecular weight is 191 g/mol. The third-order valence-corrected chi connectivity index (χ3v) is 3.48. The van der Waals surface area contributed by atoms with E-state index in [0.717, 1.165) is 27.1 Å². The van der Waals surface area contributed by atoms with Gasteiger partial charge in [0, 0.05) is 6.04 Å². The Hall–Kier alpha value is -0.420. The first-order chi connectivity index (χ1) is 5.16. The predicted octanol–water partition coefficient (Wildman–Crippen LogP) is 1.30. The molecule has 0 spiro atoms. The lowest BCUT2D eigenvalue weighted by Crippen LogP contribution is -2.26. The highest BCUT2D eigenvalue weighted by Crippen LogP contribution is 2.05. The summed E-state index contributed by atoms with van der Waals surface area (Å²) in [5.41, 5.74) is 0. The lowest BCUT2D eigenvalue weighted by atomic mass is 10.3. The molecule has 0 aliphatic carbocycles. The molecular formula is C6H9NO2S2. The Morgan fingerprint density at radius 3 is 2.18 bits per heavy atom. The van der Waals surface area contributed by atoms with Crippen molar-refractivity contribution in [1.29, 1.82) is 0 Å². The molecule has 0 N–H and O–H groups in total. The molecule has 1 aromatic rings. The Bertz CT molecular complexity index is 307. The number of rotatable bonds is 2. The standard InChI is InChI=1S/C6H9NO2S2/c1-3-4(2)7-5(8)10-11-6(7)9/h4H,3H2,1-2H3/t4-/m1/s1. The average Bonchev–Trinajstić information content (AvgIpc) is 2.30. The molecule has 62 valence electrons. The van der Waals surface area contributed by atoms with Crippen LogP contribution in [-0.2, 0) is 0 Å². The van der Waals surface area contributed by atoms with Gasteiger partial charge in [-0.1, -0.05) is 6.92 Å². The second-order valence-electron chi connectivity index (χ2n) is 2.33. The van der Waals surface area contributed by atoms with E-state index in [9.17, 15) is 9.59 Å². The van der Waals surface area contributed by atoms with Gasteiger partial charge in [0.1, 0.15) is 0 Å². The summed E-state index contributed by atoms with van der Waals surface area (Å²) in [4.78, 5) is 21.8. The Kier molecular flexibility index (Phi) is 2.62. The number of hydrogen-bond acceptors (Lipinski definition) is 4. The highest BCUT2D eigenvalue weighted by molar-refractivity contribution is 7.67. The Labute approximate surface area is 71.3 Å². The van der Waals surface area contributed by atoms with E-state index >= 15 is 0 Å². The van der Waals surface area contributed by atoms with Crippen LogP contribution in [0.2, 0.25) is 0 Å². The van der Waals surface area contributed by atoms with Crippen LogP contribution in [0, 0.1) is 0 Å². The second kappa shape index (κ2) is 3.32. The fraction of sp³-hybridized carbons (Fsp3) is 0.667. The van der Waals surface area contributed by atoms with Crippen LogP contribution < -0.4 is 9.75 Å². The van der Waals surface area contributed by atoms with Crippen LogP contribution in [0.15, 0.2) is 9.59 Å². The minimum absolute atomic E-state index is 0.0394. The maximum Gasteiger partial charge on any atom is 0.320 e. The highest BCUT2D eigenvalue weighted by atomic mass is 32.9. The summed E-state index contributed by atoms with van der Waals surface area (Å²) in [5, 5.41) is 0. The Balaban J connectivity index is 3.21. The minimum Gasteiger partial charge on any atom is -0.256 e. The molecule has 0 unspecified atom stereocenters. The zero-order valence-electron chi connectivity index (χ0n) is 6.36. The maximum absolute atomic E-state index is 11.0. The predicted molar refractivity (Wildman–Crippen MR) is 47.7 cm³/mol. The quantitative estimate of drug-likeness (QED) is 0.661. The van der Waals surface area contributed by atoms with Gasteiger partial charge in [-0.15, -0.1) is 0 Å². The summed E-state index contributed by atoms with van der Waals surface area (Å²) in [6, 6.07) is 0.0394. The fourth-order valence-electron chi connectivity index (χ4n) is 0.769. The van der Waals surface area contributed by atoms with Crippen molar-refractivity contribution in [3.05, 3.63) is 19.3 Å². The van der Waals surface area contributed by atoms with E-state index in [-0.39, 0.29) is 15.8 Å². The van der Waals surface area contributed by atoms with Crippen molar-refractivity contribution in [2.45, 2.75) is 26.3 Å². The molecule has 3 nitrogen and oxygen atoms in total. The van der Waals surface area contributed by atoms with Gasteiger partial charge in [0.15, 0.2) is 0 Å². The van der Waals surface area contributed by atoms with Gasteiger partial charge in [-0.2, -0.15) is 0 Å². The summed E-state index contributed by atoms with van der Waals surface area (Å²) in [5.74, 6) is 0. The van der Waals surface area contributed by atoms with Crippen molar-refractivity contribution in [3.8, 4) is 0 Å². The monoisotopic (exact) mass is 191 g/mol. The van der Waals surface area contributed by atoms with Gasteiger partial charge in [0.05, 0.1) is 0 Å². The molecule has 0 bridgehead atoms. The third-order valence-electron chi connectivity index (χ3n) is 1.61. The molecule has 0 radical (unpaired) electrons. The summed E-state index contributed by atoms with van der Waals surface area (Å²) >= 11 is 0. The lowest BCUT2D eigenvalue weighted by Gasteiger charge is -2.05. The first-order valence-electron chi connectivity index (χ1n) is 3.38. The van der Waals surface area contributed by atoms with Gasteiger partial charge in [-0.05, 0) is 34.0 Å². The summed E-state index contributed by atoms with van der Waals surface area (Å²) in [6.45, 7) is 3.83. The molecule has 0 amide bonds. The SMILES string of the molecule is CC[C@@H](C)n1c(=O)ssc1=O. The van der Waals surface area contributed by atoms with Crippen LogP contribution in [0.3, 0.4) is 0 Å². The van der Waals surface area contributed by atoms with E-state index in [0.29, 0.717) is 0 Å². The number of nitrogens with zero attached hydrogens (tertiary/aromatic N) is 1. The topological polar surface area (TPSA) is 39.1 Å². The van der Waals surface area contributed by atoms with Crippen molar-refractivity contribution in [2.24, 2.45) is 0 Å². The van der Waals surface area contributed by atoms with E-state index < -0.39 is 0 Å². The van der Waals surface area contributed by atoms with Gasteiger partial charge < -0.3 is 0 Å². The first-order valence-corrected chi connectivity index (χ1v) is 5.53. The zero-order chi connectivity index (χ0) is 8.43. The van der Waals surface area contributed by atoms with Gasteiger partial charge in [-0.3, -0.25) is 14.2 Å². The van der Waals surface area contributed by atoms with E-state index in [1.165, 1.54) is 4.57 Å². The minimum atomic E-state index is -0.130. The first kappa shape index (κ1) is 8.67. The number of hydrogen-bond donors (Lipinski definition) is 0. The third kappa shape index (κ3) is 1.59. The maximum atomic E-state index is 11.0. The molecule has 0 aliphatic rings. The van der Waals surface area contributed by atoms with Gasteiger partial charge >= 0.3 is 9.75 Å². The van der Waals surface area contributed by atoms with Crippen LogP contribution in [0.5, 0.6) is 0 Å². The van der Waals surface area contributed by atoms with E-state index in [2.05, 4.69) is 0 Å². The van der Waals surface area contributed by atoms with Gasteiger partial charge in [-0.25, -0.2) is 0 Å². The molecule has 0 fully saturated rings. The van der Waals surface area contributed by atoms with E-state index in [1.807, 2.05) is 13.8 Å². The van der Waals surface area contributed by atoms with Crippen molar-refractivity contribution in [2.75, 3.05) is 0 Å². The molecule has 0 saturated heterocycles. The van der Waals surface area contributed by atoms with Gasteiger partial charge in [0.25, 0.3) is 0 Å². The van der Waals surface area contributed by atoms with Gasteiger partial charge in [0.2, 0.25) is 0 Å².